The van der Waals surface area contributed by atoms with Crippen LogP contribution >= 0.6 is 0 Å². The summed E-state index contributed by atoms with van der Waals surface area (Å²) in [5, 5.41) is 11.5. The topological polar surface area (TPSA) is 55.8 Å². The van der Waals surface area contributed by atoms with E-state index in [-0.39, 0.29) is 22.7 Å². The van der Waals surface area contributed by atoms with E-state index in [0.717, 1.165) is 36.0 Å². The largest absolute Gasteiger partial charge is 0.507 e. The van der Waals surface area contributed by atoms with Crippen molar-refractivity contribution in [2.24, 2.45) is 16.7 Å². The molecule has 4 nitrogen and oxygen atoms in total. The zero-order chi connectivity index (χ0) is 27.3. The van der Waals surface area contributed by atoms with E-state index in [0.29, 0.717) is 30.1 Å². The lowest BCUT2D eigenvalue weighted by molar-refractivity contribution is -0.0245. The van der Waals surface area contributed by atoms with Crippen LogP contribution < -0.4 is 4.74 Å². The van der Waals surface area contributed by atoms with Crippen molar-refractivity contribution in [1.29, 1.82) is 0 Å². The maximum atomic E-state index is 13.7. The summed E-state index contributed by atoms with van der Waals surface area (Å²) < 4.78 is 12.9. The molecule has 1 aromatic rings. The number of esters is 1. The highest BCUT2D eigenvalue weighted by molar-refractivity contribution is 5.96. The number of fused-ring (bicyclic) bond motifs is 3. The summed E-state index contributed by atoms with van der Waals surface area (Å²) in [4.78, 5) is 13.7. The highest BCUT2D eigenvalue weighted by Gasteiger charge is 2.63. The standard InChI is InChI=1S/C33H46O4/c1-20(2)11-10-16-32(8)17-15-25-28(34)27(22(5)24(29(25)37-32)13-12-21(3)4)30(35)36-26-19-23-14-18-33(26,9)31(23,6)7/h10-12,16,23,26,34H,13-15,17-19H2,1-9H3/t23-,26+,32-,33+/m0/s1. The Morgan fingerprint density at radius 3 is 2.38 bits per heavy atom. The normalized spacial score (nSPS) is 29.5. The molecule has 0 radical (unpaired) electrons. The van der Waals surface area contributed by atoms with Gasteiger partial charge in [-0.2, -0.15) is 0 Å². The lowest BCUT2D eigenvalue weighted by Crippen LogP contribution is -2.38. The Kier molecular flexibility index (Phi) is 7.20. The van der Waals surface area contributed by atoms with Crippen molar-refractivity contribution in [2.45, 2.75) is 113 Å². The molecule has 0 spiro atoms. The van der Waals surface area contributed by atoms with Gasteiger partial charge in [-0.25, -0.2) is 4.79 Å². The third-order valence-corrected chi connectivity index (χ3v) is 9.87. The quantitative estimate of drug-likeness (QED) is 0.240. The zero-order valence-corrected chi connectivity index (χ0v) is 24.4. The van der Waals surface area contributed by atoms with E-state index >= 15 is 0 Å². The summed E-state index contributed by atoms with van der Waals surface area (Å²) in [5.74, 6) is 0.920. The second-order valence-electron chi connectivity index (χ2n) is 13.1. The fourth-order valence-electron chi connectivity index (χ4n) is 6.81. The Morgan fingerprint density at radius 2 is 1.81 bits per heavy atom. The van der Waals surface area contributed by atoms with Gasteiger partial charge in [0.1, 0.15) is 28.8 Å². The van der Waals surface area contributed by atoms with E-state index in [1.54, 1.807) is 0 Å². The van der Waals surface area contributed by atoms with Crippen LogP contribution in [0.15, 0.2) is 35.5 Å². The van der Waals surface area contributed by atoms with E-state index in [9.17, 15) is 9.90 Å². The van der Waals surface area contributed by atoms with Gasteiger partial charge in [0.05, 0.1) is 0 Å². The van der Waals surface area contributed by atoms with Crippen LogP contribution in [0.25, 0.3) is 0 Å². The molecule has 1 aromatic carbocycles. The van der Waals surface area contributed by atoms with Gasteiger partial charge in [0.2, 0.25) is 0 Å². The highest BCUT2D eigenvalue weighted by atomic mass is 16.5. The van der Waals surface area contributed by atoms with Crippen molar-refractivity contribution in [1.82, 2.24) is 0 Å². The van der Waals surface area contributed by atoms with Gasteiger partial charge in [0, 0.05) is 16.5 Å². The molecule has 3 aliphatic rings. The maximum absolute atomic E-state index is 13.7. The van der Waals surface area contributed by atoms with Crippen LogP contribution in [0.5, 0.6) is 11.5 Å². The first kappa shape index (κ1) is 27.5. The first-order chi connectivity index (χ1) is 17.2. The molecule has 0 aromatic heterocycles. The molecule has 2 fully saturated rings. The Hall–Kier alpha value is -2.49. The maximum Gasteiger partial charge on any atom is 0.342 e. The number of allylic oxidation sites excluding steroid dienone is 5. The summed E-state index contributed by atoms with van der Waals surface area (Å²) in [7, 11) is 0. The minimum absolute atomic E-state index is 0.0290. The van der Waals surface area contributed by atoms with Crippen LogP contribution in [-0.2, 0) is 17.6 Å². The summed E-state index contributed by atoms with van der Waals surface area (Å²) in [6.45, 7) is 19.2. The monoisotopic (exact) mass is 506 g/mol. The Bertz CT molecular complexity index is 1180. The number of carbonyl (C=O) groups is 1. The summed E-state index contributed by atoms with van der Waals surface area (Å²) >= 11 is 0. The van der Waals surface area contributed by atoms with Crippen LogP contribution in [0.1, 0.15) is 108 Å². The predicted octanol–water partition coefficient (Wildman–Crippen LogP) is 8.19. The number of ether oxygens (including phenoxy) is 2. The number of phenols is 1. The van der Waals surface area contributed by atoms with Crippen LogP contribution in [0.4, 0.5) is 0 Å². The van der Waals surface area contributed by atoms with Crippen molar-refractivity contribution >= 4 is 5.97 Å². The molecule has 1 aliphatic heterocycles. The van der Waals surface area contributed by atoms with Crippen molar-refractivity contribution in [3.05, 3.63) is 57.7 Å². The first-order valence-electron chi connectivity index (χ1n) is 13.9. The average molecular weight is 507 g/mol. The third-order valence-electron chi connectivity index (χ3n) is 9.87. The van der Waals surface area contributed by atoms with Crippen LogP contribution in [0.2, 0.25) is 0 Å². The van der Waals surface area contributed by atoms with E-state index in [1.165, 1.54) is 17.6 Å². The molecule has 4 rings (SSSR count). The molecular weight excluding hydrogens is 460 g/mol. The molecule has 0 saturated heterocycles. The fraction of sp³-hybridized carbons (Fsp3) is 0.606. The molecule has 4 heteroatoms. The van der Waals surface area contributed by atoms with Gasteiger partial charge in [-0.3, -0.25) is 0 Å². The number of hydrogen-bond acceptors (Lipinski definition) is 4. The predicted molar refractivity (Wildman–Crippen MR) is 150 cm³/mol. The van der Waals surface area contributed by atoms with E-state index in [2.05, 4.69) is 73.6 Å². The van der Waals surface area contributed by atoms with Gasteiger partial charge >= 0.3 is 5.97 Å². The Labute approximate surface area is 223 Å². The first-order valence-corrected chi connectivity index (χ1v) is 13.9. The second kappa shape index (κ2) is 9.67. The molecule has 0 amide bonds. The number of carbonyl (C=O) groups excluding carboxylic acids is 1. The van der Waals surface area contributed by atoms with E-state index < -0.39 is 11.6 Å². The molecular formula is C33H46O4. The van der Waals surface area contributed by atoms with E-state index in [4.69, 9.17) is 9.47 Å². The number of rotatable bonds is 6. The molecule has 0 unspecified atom stereocenters. The minimum Gasteiger partial charge on any atom is -0.507 e. The second-order valence-corrected chi connectivity index (χ2v) is 13.1. The zero-order valence-electron chi connectivity index (χ0n) is 24.4. The fourth-order valence-corrected chi connectivity index (χ4v) is 6.81. The highest BCUT2D eigenvalue weighted by Crippen LogP contribution is 2.66. The smallest absolute Gasteiger partial charge is 0.342 e. The van der Waals surface area contributed by atoms with Crippen molar-refractivity contribution in [3.8, 4) is 11.5 Å². The van der Waals surface area contributed by atoms with Gasteiger partial charge in [0.15, 0.2) is 0 Å². The molecule has 2 aliphatic carbocycles. The molecule has 2 saturated carbocycles. The molecule has 1 heterocycles. The molecule has 37 heavy (non-hydrogen) atoms. The minimum atomic E-state index is -0.483. The van der Waals surface area contributed by atoms with Crippen LogP contribution in [0.3, 0.4) is 0 Å². The Balaban J connectivity index is 1.72. The lowest BCUT2D eigenvalue weighted by atomic mass is 9.70. The SMILES string of the molecule is CC(C)=CC=C[C@@]1(C)CCc2c(O)c(C(=O)O[C@@H]3C[C@@H]4CC[C@@]3(C)C4(C)C)c(C)c(CC=C(C)C)c2O1. The summed E-state index contributed by atoms with van der Waals surface area (Å²) in [6, 6.07) is 0. The van der Waals surface area contributed by atoms with Gasteiger partial charge in [-0.15, -0.1) is 0 Å². The van der Waals surface area contributed by atoms with Gasteiger partial charge in [-0.05, 0) is 103 Å². The molecule has 2 bridgehead atoms. The third kappa shape index (κ3) is 4.77. The van der Waals surface area contributed by atoms with Gasteiger partial charge in [-0.1, -0.05) is 50.1 Å². The van der Waals surface area contributed by atoms with Crippen molar-refractivity contribution in [3.63, 3.8) is 0 Å². The number of hydrogen-bond donors (Lipinski definition) is 1. The van der Waals surface area contributed by atoms with Crippen LogP contribution in [0, 0.1) is 23.7 Å². The van der Waals surface area contributed by atoms with Gasteiger partial charge < -0.3 is 14.6 Å². The summed E-state index contributed by atoms with van der Waals surface area (Å²) in [6.07, 6.45) is 13.4. The van der Waals surface area contributed by atoms with E-state index in [1.807, 2.05) is 13.0 Å². The van der Waals surface area contributed by atoms with Crippen molar-refractivity contribution < 1.29 is 19.4 Å². The molecule has 4 atom stereocenters. The average Bonchev–Trinajstić information content (AvgIpc) is 3.12. The van der Waals surface area contributed by atoms with Crippen molar-refractivity contribution in [2.75, 3.05) is 0 Å². The lowest BCUT2D eigenvalue weighted by Gasteiger charge is -2.39. The number of phenolic OH excluding ortho intramolecular Hbond substituents is 1. The number of benzene rings is 1. The van der Waals surface area contributed by atoms with Crippen LogP contribution in [-0.4, -0.2) is 22.8 Å². The molecule has 202 valence electrons. The van der Waals surface area contributed by atoms with Gasteiger partial charge in [0.25, 0.3) is 0 Å². The molecule has 1 N–H and O–H groups in total. The number of aromatic hydroxyl groups is 1. The summed E-state index contributed by atoms with van der Waals surface area (Å²) in [5.41, 5.74) is 4.81. The Morgan fingerprint density at radius 1 is 1.11 bits per heavy atom.